The predicted molar refractivity (Wildman–Crippen MR) is 69.7 cm³/mol. The Bertz CT molecular complexity index is 634. The monoisotopic (exact) mass is 298 g/mol. The van der Waals surface area contributed by atoms with E-state index in [-0.39, 0.29) is 11.4 Å². The largest absolute Gasteiger partial charge is 0.507 e. The molecule has 0 fully saturated rings. The third-order valence-corrected chi connectivity index (χ3v) is 3.97. The molecule has 0 heterocycles. The molecule has 7 nitrogen and oxygen atoms in total. The molecular weight excluding hydrogens is 284 g/mol. The first-order valence-corrected chi connectivity index (χ1v) is 7.29. The average Bonchev–Trinajstić information content (AvgIpc) is 2.38. The molecule has 0 bridgehead atoms. The van der Waals surface area contributed by atoms with Gasteiger partial charge >= 0.3 is 5.97 Å². The molecule has 0 aromatic heterocycles. The molecule has 20 heavy (non-hydrogen) atoms. The SMILES string of the molecule is N#CCCCCNS(=O)(=O)c1ccc(O)c(C(=O)O)c1. The lowest BCUT2D eigenvalue weighted by Gasteiger charge is -2.07. The third kappa shape index (κ3) is 4.22. The van der Waals surface area contributed by atoms with E-state index < -0.39 is 27.3 Å². The van der Waals surface area contributed by atoms with Crippen molar-refractivity contribution in [3.8, 4) is 11.8 Å². The highest BCUT2D eigenvalue weighted by Crippen LogP contribution is 2.21. The first-order chi connectivity index (χ1) is 9.38. The fraction of sp³-hybridized carbons (Fsp3) is 0.333. The Morgan fingerprint density at radius 3 is 2.65 bits per heavy atom. The van der Waals surface area contributed by atoms with Crippen LogP contribution in [0.4, 0.5) is 0 Å². The summed E-state index contributed by atoms with van der Waals surface area (Å²) >= 11 is 0. The average molecular weight is 298 g/mol. The standard InChI is InChI=1S/C12H14N2O5S/c13-6-2-1-3-7-14-20(18,19)9-4-5-11(15)10(8-9)12(16)17/h4-5,8,14-15H,1-3,7H2,(H,16,17). The molecule has 0 spiro atoms. The van der Waals surface area contributed by atoms with Gasteiger partial charge in [-0.05, 0) is 31.0 Å². The van der Waals surface area contributed by atoms with Gasteiger partial charge in [0.05, 0.1) is 11.0 Å². The number of unbranched alkanes of at least 4 members (excludes halogenated alkanes) is 2. The van der Waals surface area contributed by atoms with E-state index in [4.69, 9.17) is 10.4 Å². The second-order valence-electron chi connectivity index (χ2n) is 4.00. The summed E-state index contributed by atoms with van der Waals surface area (Å²) in [5, 5.41) is 26.5. The van der Waals surface area contributed by atoms with Gasteiger partial charge in [-0.3, -0.25) is 0 Å². The number of carboxylic acid groups (broad SMARTS) is 1. The van der Waals surface area contributed by atoms with Gasteiger partial charge in [0.15, 0.2) is 0 Å². The number of benzene rings is 1. The van der Waals surface area contributed by atoms with E-state index in [0.29, 0.717) is 19.3 Å². The molecule has 0 saturated heterocycles. The first kappa shape index (κ1) is 15.9. The summed E-state index contributed by atoms with van der Waals surface area (Å²) in [5.41, 5.74) is -0.475. The number of hydrogen-bond donors (Lipinski definition) is 3. The van der Waals surface area contributed by atoms with Crippen LogP contribution in [0.15, 0.2) is 23.1 Å². The van der Waals surface area contributed by atoms with Crippen LogP contribution in [0.25, 0.3) is 0 Å². The molecule has 108 valence electrons. The normalized spacial score (nSPS) is 10.9. The summed E-state index contributed by atoms with van der Waals surface area (Å²) in [4.78, 5) is 10.6. The molecular formula is C12H14N2O5S. The number of hydrogen-bond acceptors (Lipinski definition) is 5. The molecule has 1 aromatic rings. The Morgan fingerprint density at radius 2 is 2.05 bits per heavy atom. The van der Waals surface area contributed by atoms with Gasteiger partial charge in [0.25, 0.3) is 0 Å². The number of sulfonamides is 1. The molecule has 8 heteroatoms. The van der Waals surface area contributed by atoms with E-state index in [1.807, 2.05) is 6.07 Å². The fourth-order valence-corrected chi connectivity index (χ4v) is 2.57. The number of nitrogens with zero attached hydrogens (tertiary/aromatic N) is 1. The van der Waals surface area contributed by atoms with Gasteiger partial charge in [0.1, 0.15) is 11.3 Å². The van der Waals surface area contributed by atoms with E-state index in [0.717, 1.165) is 18.2 Å². The molecule has 1 rings (SSSR count). The Morgan fingerprint density at radius 1 is 1.35 bits per heavy atom. The van der Waals surface area contributed by atoms with Crippen molar-refractivity contribution in [3.05, 3.63) is 23.8 Å². The summed E-state index contributed by atoms with van der Waals surface area (Å²) in [6.45, 7) is 0.160. The summed E-state index contributed by atoms with van der Waals surface area (Å²) in [5.74, 6) is -1.90. The second kappa shape index (κ2) is 6.88. The first-order valence-electron chi connectivity index (χ1n) is 5.81. The molecule has 1 aromatic carbocycles. The number of nitriles is 1. The van der Waals surface area contributed by atoms with Crippen molar-refractivity contribution in [2.45, 2.75) is 24.2 Å². The van der Waals surface area contributed by atoms with E-state index in [1.54, 1.807) is 0 Å². The van der Waals surface area contributed by atoms with Crippen molar-refractivity contribution >= 4 is 16.0 Å². The summed E-state index contributed by atoms with van der Waals surface area (Å²) in [6, 6.07) is 5.00. The maximum atomic E-state index is 11.9. The number of carboxylic acids is 1. The maximum absolute atomic E-state index is 11.9. The van der Waals surface area contributed by atoms with Crippen LogP contribution in [0.2, 0.25) is 0 Å². The highest BCUT2D eigenvalue weighted by atomic mass is 32.2. The van der Waals surface area contributed by atoms with E-state index >= 15 is 0 Å². The molecule has 3 N–H and O–H groups in total. The third-order valence-electron chi connectivity index (χ3n) is 2.52. The zero-order valence-corrected chi connectivity index (χ0v) is 11.4. The summed E-state index contributed by atoms with van der Waals surface area (Å²) in [6.07, 6.45) is 1.44. The highest BCUT2D eigenvalue weighted by Gasteiger charge is 2.18. The van der Waals surface area contributed by atoms with Crippen LogP contribution in [-0.4, -0.2) is 31.1 Å². The quantitative estimate of drug-likeness (QED) is 0.646. The van der Waals surface area contributed by atoms with Crippen molar-refractivity contribution in [2.24, 2.45) is 0 Å². The maximum Gasteiger partial charge on any atom is 0.339 e. The highest BCUT2D eigenvalue weighted by molar-refractivity contribution is 7.89. The van der Waals surface area contributed by atoms with Crippen LogP contribution >= 0.6 is 0 Å². The number of aromatic hydroxyl groups is 1. The topological polar surface area (TPSA) is 127 Å². The number of rotatable bonds is 7. The van der Waals surface area contributed by atoms with Crippen molar-refractivity contribution in [3.63, 3.8) is 0 Å². The van der Waals surface area contributed by atoms with Gasteiger partial charge in [0.2, 0.25) is 10.0 Å². The summed E-state index contributed by atoms with van der Waals surface area (Å²) < 4.78 is 26.1. The van der Waals surface area contributed by atoms with Crippen molar-refractivity contribution in [1.29, 1.82) is 5.26 Å². The van der Waals surface area contributed by atoms with Crippen LogP contribution < -0.4 is 4.72 Å². The fourth-order valence-electron chi connectivity index (χ4n) is 1.47. The Labute approximate surface area is 116 Å². The minimum atomic E-state index is -3.83. The van der Waals surface area contributed by atoms with Gasteiger partial charge in [-0.25, -0.2) is 17.9 Å². The van der Waals surface area contributed by atoms with Gasteiger partial charge in [0, 0.05) is 13.0 Å². The Balaban J connectivity index is 2.80. The van der Waals surface area contributed by atoms with Crippen molar-refractivity contribution in [1.82, 2.24) is 4.72 Å². The van der Waals surface area contributed by atoms with Crippen LogP contribution in [0.3, 0.4) is 0 Å². The second-order valence-corrected chi connectivity index (χ2v) is 5.76. The minimum Gasteiger partial charge on any atom is -0.507 e. The number of nitrogens with one attached hydrogen (secondary N) is 1. The molecule has 0 aliphatic rings. The molecule has 0 aliphatic heterocycles. The molecule has 0 saturated carbocycles. The molecule has 0 radical (unpaired) electrons. The molecule has 0 amide bonds. The van der Waals surface area contributed by atoms with Crippen LogP contribution in [0.5, 0.6) is 5.75 Å². The van der Waals surface area contributed by atoms with Gasteiger partial charge in [-0.15, -0.1) is 0 Å². The number of carbonyl (C=O) groups is 1. The number of phenols is 1. The minimum absolute atomic E-state index is 0.160. The Kier molecular flexibility index (Phi) is 5.49. The van der Waals surface area contributed by atoms with E-state index in [9.17, 15) is 18.3 Å². The molecule has 0 atom stereocenters. The zero-order valence-electron chi connectivity index (χ0n) is 10.5. The van der Waals surface area contributed by atoms with Crippen LogP contribution in [-0.2, 0) is 10.0 Å². The Hall–Kier alpha value is -2.11. The van der Waals surface area contributed by atoms with E-state index in [1.165, 1.54) is 0 Å². The smallest absolute Gasteiger partial charge is 0.339 e. The van der Waals surface area contributed by atoms with Gasteiger partial charge in [-0.1, -0.05) is 0 Å². The lowest BCUT2D eigenvalue weighted by Crippen LogP contribution is -2.25. The lowest BCUT2D eigenvalue weighted by molar-refractivity contribution is 0.0693. The van der Waals surface area contributed by atoms with Crippen LogP contribution in [0, 0.1) is 11.3 Å². The van der Waals surface area contributed by atoms with Gasteiger partial charge < -0.3 is 10.2 Å². The van der Waals surface area contributed by atoms with Crippen molar-refractivity contribution in [2.75, 3.05) is 6.54 Å². The molecule has 0 aliphatic carbocycles. The van der Waals surface area contributed by atoms with E-state index in [2.05, 4.69) is 4.72 Å². The molecule has 0 unspecified atom stereocenters. The lowest BCUT2D eigenvalue weighted by atomic mass is 10.2. The summed E-state index contributed by atoms with van der Waals surface area (Å²) in [7, 11) is -3.83. The van der Waals surface area contributed by atoms with Crippen molar-refractivity contribution < 1.29 is 23.4 Å². The predicted octanol–water partition coefficient (Wildman–Crippen LogP) is 1.06. The van der Waals surface area contributed by atoms with Crippen LogP contribution in [0.1, 0.15) is 29.6 Å². The number of aromatic carboxylic acids is 1. The zero-order chi connectivity index (χ0) is 15.2. The van der Waals surface area contributed by atoms with Gasteiger partial charge in [-0.2, -0.15) is 5.26 Å².